The van der Waals surface area contributed by atoms with Gasteiger partial charge in [0.15, 0.2) is 0 Å². The Kier molecular flexibility index (Phi) is 4.04. The van der Waals surface area contributed by atoms with Crippen molar-refractivity contribution in [2.24, 2.45) is 0 Å². The number of nitrogen functional groups attached to an aromatic ring is 1. The van der Waals surface area contributed by atoms with Crippen LogP contribution in [0.5, 0.6) is 0 Å². The lowest BCUT2D eigenvalue weighted by atomic mass is 9.95. The number of benzene rings is 1. The van der Waals surface area contributed by atoms with E-state index in [0.29, 0.717) is 20.5 Å². The van der Waals surface area contributed by atoms with E-state index in [0.717, 1.165) is 46.3 Å². The van der Waals surface area contributed by atoms with E-state index < -0.39 is 0 Å². The van der Waals surface area contributed by atoms with E-state index in [1.54, 1.807) is 0 Å². The van der Waals surface area contributed by atoms with Crippen molar-refractivity contribution in [2.75, 3.05) is 5.73 Å². The summed E-state index contributed by atoms with van der Waals surface area (Å²) in [7, 11) is 0. The minimum absolute atomic E-state index is 0.0206. The number of halogens is 1. The highest BCUT2D eigenvalue weighted by Gasteiger charge is 2.27. The lowest BCUT2D eigenvalue weighted by Gasteiger charge is -2.11. The van der Waals surface area contributed by atoms with Gasteiger partial charge in [0.1, 0.15) is 9.71 Å². The first-order valence-corrected chi connectivity index (χ1v) is 10.8. The second-order valence-corrected chi connectivity index (χ2v) is 8.99. The highest BCUT2D eigenvalue weighted by atomic mass is 35.5. The molecule has 134 valence electrons. The number of aromatic nitrogens is 1. The molecule has 1 aliphatic rings. The molecular formula is C21H15ClN2OS2. The van der Waals surface area contributed by atoms with Gasteiger partial charge >= 0.3 is 0 Å². The molecule has 3 nitrogen and oxygen atoms in total. The predicted molar refractivity (Wildman–Crippen MR) is 114 cm³/mol. The maximum atomic E-state index is 12.9. The molecule has 6 heteroatoms. The fourth-order valence-corrected chi connectivity index (χ4v) is 5.71. The molecule has 0 radical (unpaired) electrons. The third-order valence-corrected chi connectivity index (χ3v) is 7.21. The number of pyridine rings is 1. The summed E-state index contributed by atoms with van der Waals surface area (Å²) in [6.45, 7) is 0. The number of nitrogens with zero attached hydrogens (tertiary/aromatic N) is 1. The van der Waals surface area contributed by atoms with Crippen LogP contribution in [0, 0.1) is 0 Å². The number of nitrogens with two attached hydrogens (primary N) is 1. The zero-order valence-corrected chi connectivity index (χ0v) is 16.7. The maximum absolute atomic E-state index is 12.9. The third kappa shape index (κ3) is 2.69. The van der Waals surface area contributed by atoms with Gasteiger partial charge in [-0.3, -0.25) is 4.79 Å². The van der Waals surface area contributed by atoms with Crippen molar-refractivity contribution in [1.82, 2.24) is 4.98 Å². The summed E-state index contributed by atoms with van der Waals surface area (Å²) in [5, 5.41) is 3.51. The standard InChI is InChI=1S/C21H15ClN2OS2/c22-12-8-6-11(7-9-12)16-13-3-1-4-14(13)24-21-17(16)18(23)20(27-21)19(25)15-5-2-10-26-15/h2,5-10H,1,3-4,23H2. The summed E-state index contributed by atoms with van der Waals surface area (Å²) in [5.74, 6) is -0.0206. The van der Waals surface area contributed by atoms with Crippen molar-refractivity contribution in [3.63, 3.8) is 0 Å². The highest BCUT2D eigenvalue weighted by Crippen LogP contribution is 2.45. The van der Waals surface area contributed by atoms with Crippen LogP contribution >= 0.6 is 34.3 Å². The van der Waals surface area contributed by atoms with E-state index in [1.807, 2.05) is 41.8 Å². The highest BCUT2D eigenvalue weighted by molar-refractivity contribution is 7.22. The fourth-order valence-electron chi connectivity index (χ4n) is 3.77. The van der Waals surface area contributed by atoms with Crippen molar-refractivity contribution < 1.29 is 4.79 Å². The number of hydrogen-bond donors (Lipinski definition) is 1. The normalized spacial score (nSPS) is 13.2. The Morgan fingerprint density at radius 3 is 2.70 bits per heavy atom. The maximum Gasteiger partial charge on any atom is 0.215 e. The van der Waals surface area contributed by atoms with Gasteiger partial charge in [-0.05, 0) is 59.5 Å². The second-order valence-electron chi connectivity index (χ2n) is 6.60. The molecule has 27 heavy (non-hydrogen) atoms. The molecule has 0 unspecified atom stereocenters. The number of hydrogen-bond acceptors (Lipinski definition) is 5. The average Bonchev–Trinajstić information content (AvgIpc) is 3.41. The topological polar surface area (TPSA) is 56.0 Å². The van der Waals surface area contributed by atoms with Crippen LogP contribution in [0.4, 0.5) is 5.69 Å². The molecule has 3 heterocycles. The van der Waals surface area contributed by atoms with E-state index in [-0.39, 0.29) is 5.78 Å². The number of anilines is 1. The number of carbonyl (C=O) groups excluding carboxylic acids is 1. The van der Waals surface area contributed by atoms with Gasteiger partial charge < -0.3 is 5.73 Å². The van der Waals surface area contributed by atoms with Crippen LogP contribution in [0.1, 0.15) is 32.2 Å². The number of thiophene rings is 2. The van der Waals surface area contributed by atoms with Crippen molar-refractivity contribution in [1.29, 1.82) is 0 Å². The van der Waals surface area contributed by atoms with Crippen molar-refractivity contribution in [3.8, 4) is 11.1 Å². The number of rotatable bonds is 3. The lowest BCUT2D eigenvalue weighted by molar-refractivity contribution is 0.104. The number of aryl methyl sites for hydroxylation is 1. The lowest BCUT2D eigenvalue weighted by Crippen LogP contribution is -2.00. The first-order chi connectivity index (χ1) is 13.1. The fraction of sp³-hybridized carbons (Fsp3) is 0.143. The summed E-state index contributed by atoms with van der Waals surface area (Å²) in [4.78, 5) is 19.9. The average molecular weight is 411 g/mol. The van der Waals surface area contributed by atoms with Crippen molar-refractivity contribution in [2.45, 2.75) is 19.3 Å². The molecule has 0 bridgehead atoms. The Bertz CT molecular complexity index is 1180. The minimum Gasteiger partial charge on any atom is -0.397 e. The first-order valence-electron chi connectivity index (χ1n) is 8.71. The number of ketones is 1. The van der Waals surface area contributed by atoms with Gasteiger partial charge in [-0.25, -0.2) is 4.98 Å². The Labute approximate surface area is 169 Å². The Hall–Kier alpha value is -2.21. The van der Waals surface area contributed by atoms with Gasteiger partial charge in [0.2, 0.25) is 5.78 Å². The number of carbonyl (C=O) groups is 1. The van der Waals surface area contributed by atoms with Crippen molar-refractivity contribution >= 4 is 56.0 Å². The summed E-state index contributed by atoms with van der Waals surface area (Å²) < 4.78 is 0. The van der Waals surface area contributed by atoms with Crippen molar-refractivity contribution in [3.05, 3.63) is 67.8 Å². The van der Waals surface area contributed by atoms with E-state index in [2.05, 4.69) is 0 Å². The van der Waals surface area contributed by atoms with E-state index in [1.165, 1.54) is 28.2 Å². The monoisotopic (exact) mass is 410 g/mol. The van der Waals surface area contributed by atoms with E-state index >= 15 is 0 Å². The molecule has 1 aliphatic carbocycles. The molecule has 3 aromatic heterocycles. The summed E-state index contributed by atoms with van der Waals surface area (Å²) in [6, 6.07) is 11.5. The molecule has 0 amide bonds. The number of fused-ring (bicyclic) bond motifs is 2. The van der Waals surface area contributed by atoms with E-state index in [9.17, 15) is 4.79 Å². The first kappa shape index (κ1) is 16.9. The summed E-state index contributed by atoms with van der Waals surface area (Å²) in [5.41, 5.74) is 11.6. The van der Waals surface area contributed by atoms with Crippen LogP contribution < -0.4 is 5.73 Å². The largest absolute Gasteiger partial charge is 0.397 e. The van der Waals surface area contributed by atoms with Gasteiger partial charge in [0.25, 0.3) is 0 Å². The zero-order chi connectivity index (χ0) is 18.5. The Morgan fingerprint density at radius 2 is 1.96 bits per heavy atom. The molecule has 0 saturated carbocycles. The smallest absolute Gasteiger partial charge is 0.215 e. The molecule has 0 aliphatic heterocycles. The molecule has 0 spiro atoms. The quantitative estimate of drug-likeness (QED) is 0.422. The van der Waals surface area contributed by atoms with Gasteiger partial charge in [0, 0.05) is 16.1 Å². The van der Waals surface area contributed by atoms with E-state index in [4.69, 9.17) is 22.3 Å². The van der Waals surface area contributed by atoms with Crippen LogP contribution in [0.3, 0.4) is 0 Å². The zero-order valence-electron chi connectivity index (χ0n) is 14.3. The van der Waals surface area contributed by atoms with Gasteiger partial charge in [-0.1, -0.05) is 29.8 Å². The molecular weight excluding hydrogens is 396 g/mol. The Balaban J connectivity index is 1.80. The SMILES string of the molecule is Nc1c(C(=O)c2cccs2)sc2nc3c(c(-c4ccc(Cl)cc4)c12)CCC3. The second kappa shape index (κ2) is 6.44. The summed E-state index contributed by atoms with van der Waals surface area (Å²) in [6.07, 6.45) is 3.05. The molecule has 5 rings (SSSR count). The molecule has 2 N–H and O–H groups in total. The van der Waals surface area contributed by atoms with Crippen LogP contribution in [-0.2, 0) is 12.8 Å². The molecule has 0 saturated heterocycles. The molecule has 1 aromatic carbocycles. The van der Waals surface area contributed by atoms with Crippen LogP contribution in [0.25, 0.3) is 21.3 Å². The van der Waals surface area contributed by atoms with Gasteiger partial charge in [-0.15, -0.1) is 22.7 Å². The van der Waals surface area contributed by atoms with Crippen LogP contribution in [-0.4, -0.2) is 10.8 Å². The Morgan fingerprint density at radius 1 is 1.15 bits per heavy atom. The minimum atomic E-state index is -0.0206. The van der Waals surface area contributed by atoms with Crippen LogP contribution in [0.2, 0.25) is 5.02 Å². The molecule has 0 atom stereocenters. The van der Waals surface area contributed by atoms with Gasteiger partial charge in [-0.2, -0.15) is 0 Å². The summed E-state index contributed by atoms with van der Waals surface area (Å²) >= 11 is 8.93. The predicted octanol–water partition coefficient (Wildman–Crippen LogP) is 5.98. The van der Waals surface area contributed by atoms with Gasteiger partial charge in [0.05, 0.1) is 10.6 Å². The molecule has 4 aromatic rings. The van der Waals surface area contributed by atoms with Crippen LogP contribution in [0.15, 0.2) is 41.8 Å². The molecule has 0 fully saturated rings. The third-order valence-electron chi connectivity index (χ3n) is 4.99.